The van der Waals surface area contributed by atoms with E-state index in [4.69, 9.17) is 4.52 Å². The Hall–Kier alpha value is -2.14. The van der Waals surface area contributed by atoms with Crippen molar-refractivity contribution in [1.82, 2.24) is 15.0 Å². The first-order valence-electron chi connectivity index (χ1n) is 9.10. The molecule has 2 bridgehead atoms. The van der Waals surface area contributed by atoms with Gasteiger partial charge in [0, 0.05) is 25.2 Å². The number of aromatic nitrogens is 1. The van der Waals surface area contributed by atoms with E-state index in [1.165, 1.54) is 5.56 Å². The molecule has 0 unspecified atom stereocenters. The minimum absolute atomic E-state index is 0.00934. The predicted octanol–water partition coefficient (Wildman–Crippen LogP) is 2.91. The third-order valence-electron chi connectivity index (χ3n) is 5.66. The van der Waals surface area contributed by atoms with Crippen molar-refractivity contribution >= 4 is 5.91 Å². The van der Waals surface area contributed by atoms with Gasteiger partial charge in [0.2, 0.25) is 5.91 Å². The van der Waals surface area contributed by atoms with E-state index in [1.54, 1.807) is 0 Å². The Morgan fingerprint density at radius 1 is 1.20 bits per heavy atom. The molecule has 4 rings (SSSR count). The summed E-state index contributed by atoms with van der Waals surface area (Å²) in [6.07, 6.45) is 2.13. The molecule has 2 atom stereocenters. The van der Waals surface area contributed by atoms with Gasteiger partial charge in [0.15, 0.2) is 0 Å². The maximum absolute atomic E-state index is 13.1. The molecule has 0 radical (unpaired) electrons. The van der Waals surface area contributed by atoms with Gasteiger partial charge in [-0.3, -0.25) is 9.69 Å². The lowest BCUT2D eigenvalue weighted by Crippen LogP contribution is -2.58. The number of rotatable bonds is 4. The number of nitrogens with zero attached hydrogens (tertiary/aromatic N) is 3. The molecule has 2 aliphatic heterocycles. The lowest BCUT2D eigenvalue weighted by molar-refractivity contribution is -0.146. The molecule has 0 spiro atoms. The van der Waals surface area contributed by atoms with Gasteiger partial charge in [-0.25, -0.2) is 0 Å². The van der Waals surface area contributed by atoms with E-state index in [1.807, 2.05) is 36.9 Å². The molecule has 5 nitrogen and oxygen atoms in total. The molecule has 2 aromatic rings. The van der Waals surface area contributed by atoms with Gasteiger partial charge in [-0.1, -0.05) is 35.5 Å². The maximum Gasteiger partial charge on any atom is 0.240 e. The van der Waals surface area contributed by atoms with Crippen LogP contribution >= 0.6 is 0 Å². The second-order valence-corrected chi connectivity index (χ2v) is 7.38. The lowest BCUT2D eigenvalue weighted by atomic mass is 9.85. The number of benzene rings is 1. The summed E-state index contributed by atoms with van der Waals surface area (Å²) in [5.74, 6) is 1.75. The van der Waals surface area contributed by atoms with Gasteiger partial charge in [-0.15, -0.1) is 0 Å². The average molecular weight is 339 g/mol. The summed E-state index contributed by atoms with van der Waals surface area (Å²) in [4.78, 5) is 17.5. The van der Waals surface area contributed by atoms with Crippen molar-refractivity contribution in [3.05, 3.63) is 52.9 Å². The highest BCUT2D eigenvalue weighted by Gasteiger charge is 2.41. The van der Waals surface area contributed by atoms with Gasteiger partial charge in [0.1, 0.15) is 5.76 Å². The van der Waals surface area contributed by atoms with Crippen LogP contribution in [0.1, 0.15) is 35.4 Å². The van der Waals surface area contributed by atoms with E-state index in [-0.39, 0.29) is 11.9 Å². The van der Waals surface area contributed by atoms with Gasteiger partial charge in [0.05, 0.1) is 11.7 Å². The molecule has 25 heavy (non-hydrogen) atoms. The van der Waals surface area contributed by atoms with Crippen LogP contribution in [0.4, 0.5) is 0 Å². The summed E-state index contributed by atoms with van der Waals surface area (Å²) in [6.45, 7) is 7.26. The monoisotopic (exact) mass is 339 g/mol. The number of carbonyl (C=O) groups excluding carboxylic acids is 1. The van der Waals surface area contributed by atoms with Crippen LogP contribution in [0.15, 0.2) is 34.9 Å². The van der Waals surface area contributed by atoms with Crippen LogP contribution in [-0.4, -0.2) is 40.0 Å². The van der Waals surface area contributed by atoms with Crippen LogP contribution in [0.25, 0.3) is 0 Å². The van der Waals surface area contributed by atoms with E-state index in [0.29, 0.717) is 12.5 Å². The fraction of sp³-hybridized carbons (Fsp3) is 0.500. The Kier molecular flexibility index (Phi) is 4.34. The second-order valence-electron chi connectivity index (χ2n) is 7.38. The molecule has 0 N–H and O–H groups in total. The first-order chi connectivity index (χ1) is 12.1. The van der Waals surface area contributed by atoms with Crippen molar-refractivity contribution in [3.63, 3.8) is 0 Å². The van der Waals surface area contributed by atoms with E-state index in [2.05, 4.69) is 22.2 Å². The molecule has 132 valence electrons. The topological polar surface area (TPSA) is 49.6 Å². The summed E-state index contributed by atoms with van der Waals surface area (Å²) in [5.41, 5.74) is 3.27. The van der Waals surface area contributed by atoms with Crippen LogP contribution in [0.2, 0.25) is 0 Å². The third kappa shape index (κ3) is 3.21. The summed E-state index contributed by atoms with van der Waals surface area (Å²) < 4.78 is 5.30. The van der Waals surface area contributed by atoms with E-state index >= 15 is 0 Å². The van der Waals surface area contributed by atoms with Crippen molar-refractivity contribution in [1.29, 1.82) is 0 Å². The largest absolute Gasteiger partial charge is 0.361 e. The zero-order chi connectivity index (χ0) is 17.4. The van der Waals surface area contributed by atoms with Gasteiger partial charge >= 0.3 is 0 Å². The SMILES string of the molecule is Cc1noc(C)c1CN1CC[C@H]2C[C@@H]1C(=O)N(Cc1ccccc1)C2. The molecular weight excluding hydrogens is 314 g/mol. The normalized spacial score (nSPS) is 23.9. The minimum Gasteiger partial charge on any atom is -0.361 e. The standard InChI is InChI=1S/C20H25N3O2/c1-14-18(15(2)25-21-14)13-22-9-8-17-10-19(22)20(24)23(12-17)11-16-6-4-3-5-7-16/h3-7,17,19H,8-13H2,1-2H3/t17-,19+/m0/s1. The zero-order valence-corrected chi connectivity index (χ0v) is 14.9. The summed E-state index contributed by atoms with van der Waals surface area (Å²) in [7, 11) is 0. The number of carbonyl (C=O) groups is 1. The van der Waals surface area contributed by atoms with E-state index in [0.717, 1.165) is 49.5 Å². The molecule has 1 aromatic carbocycles. The molecule has 2 saturated heterocycles. The molecule has 0 aliphatic carbocycles. The molecule has 3 heterocycles. The van der Waals surface area contributed by atoms with Crippen LogP contribution in [0.3, 0.4) is 0 Å². The minimum atomic E-state index is -0.00934. The van der Waals surface area contributed by atoms with Gasteiger partial charge in [0.25, 0.3) is 0 Å². The van der Waals surface area contributed by atoms with Crippen molar-refractivity contribution < 1.29 is 9.32 Å². The van der Waals surface area contributed by atoms with Crippen LogP contribution in [-0.2, 0) is 17.9 Å². The molecule has 1 amide bonds. The number of hydrogen-bond donors (Lipinski definition) is 0. The highest BCUT2D eigenvalue weighted by Crippen LogP contribution is 2.32. The molecule has 2 fully saturated rings. The maximum atomic E-state index is 13.1. The highest BCUT2D eigenvalue weighted by atomic mass is 16.5. The quantitative estimate of drug-likeness (QED) is 0.859. The van der Waals surface area contributed by atoms with Gasteiger partial charge in [-0.2, -0.15) is 0 Å². The van der Waals surface area contributed by atoms with Gasteiger partial charge < -0.3 is 9.42 Å². The zero-order valence-electron chi connectivity index (χ0n) is 14.9. The summed E-state index contributed by atoms with van der Waals surface area (Å²) in [6, 6.07) is 10.3. The number of aryl methyl sites for hydroxylation is 2. The number of likely N-dealkylation sites (tertiary alicyclic amines) is 2. The molecule has 5 heteroatoms. The molecule has 1 aromatic heterocycles. The number of fused-ring (bicyclic) bond motifs is 2. The first-order valence-corrected chi connectivity index (χ1v) is 9.10. The second kappa shape index (κ2) is 6.64. The third-order valence-corrected chi connectivity index (χ3v) is 5.66. The lowest BCUT2D eigenvalue weighted by Gasteiger charge is -2.46. The van der Waals surface area contributed by atoms with Crippen molar-refractivity contribution in [2.45, 2.75) is 45.8 Å². The Morgan fingerprint density at radius 2 is 2.00 bits per heavy atom. The number of hydrogen-bond acceptors (Lipinski definition) is 4. The van der Waals surface area contributed by atoms with Crippen molar-refractivity contribution in [2.24, 2.45) is 5.92 Å². The van der Waals surface area contributed by atoms with E-state index in [9.17, 15) is 4.79 Å². The molecular formula is C20H25N3O2. The summed E-state index contributed by atoms with van der Waals surface area (Å²) in [5, 5.41) is 4.05. The van der Waals surface area contributed by atoms with Crippen LogP contribution < -0.4 is 0 Å². The Morgan fingerprint density at radius 3 is 2.72 bits per heavy atom. The first kappa shape index (κ1) is 16.3. The van der Waals surface area contributed by atoms with Crippen molar-refractivity contribution in [3.8, 4) is 0 Å². The average Bonchev–Trinajstić information content (AvgIpc) is 2.94. The fourth-order valence-corrected chi connectivity index (χ4v) is 4.19. The van der Waals surface area contributed by atoms with Gasteiger partial charge in [-0.05, 0) is 44.7 Å². The van der Waals surface area contributed by atoms with E-state index < -0.39 is 0 Å². The Balaban J connectivity index is 1.51. The predicted molar refractivity (Wildman–Crippen MR) is 94.8 cm³/mol. The smallest absolute Gasteiger partial charge is 0.240 e. The number of piperidine rings is 2. The summed E-state index contributed by atoms with van der Waals surface area (Å²) >= 11 is 0. The molecule has 0 saturated carbocycles. The highest BCUT2D eigenvalue weighted by molar-refractivity contribution is 5.83. The van der Waals surface area contributed by atoms with Crippen molar-refractivity contribution in [2.75, 3.05) is 13.1 Å². The fourth-order valence-electron chi connectivity index (χ4n) is 4.19. The Labute approximate surface area is 148 Å². The van der Waals surface area contributed by atoms with Crippen LogP contribution in [0, 0.1) is 19.8 Å². The Bertz CT molecular complexity index is 736. The van der Waals surface area contributed by atoms with Crippen LogP contribution in [0.5, 0.6) is 0 Å². The number of amides is 1. The molecule has 2 aliphatic rings.